The molecule has 84 valence electrons. The largest absolute Gasteiger partial charge is 0.316 e. The van der Waals surface area contributed by atoms with Crippen LogP contribution >= 0.6 is 11.5 Å². The molecule has 3 rings (SSSR count). The Kier molecular flexibility index (Phi) is 2.65. The molecule has 1 aliphatic heterocycles. The van der Waals surface area contributed by atoms with Crippen LogP contribution in [0, 0.1) is 12.8 Å². The van der Waals surface area contributed by atoms with Crippen LogP contribution in [0.25, 0.3) is 10.1 Å². The minimum absolute atomic E-state index is 0.825. The maximum atomic E-state index is 4.40. The van der Waals surface area contributed by atoms with E-state index < -0.39 is 0 Å². The molecule has 1 aromatic heterocycles. The van der Waals surface area contributed by atoms with Gasteiger partial charge in [0.15, 0.2) is 0 Å². The molecule has 1 saturated heterocycles. The average molecular weight is 232 g/mol. The Morgan fingerprint density at radius 2 is 2.44 bits per heavy atom. The second kappa shape index (κ2) is 4.15. The van der Waals surface area contributed by atoms with E-state index >= 15 is 0 Å². The van der Waals surface area contributed by atoms with Crippen LogP contribution in [0.5, 0.6) is 0 Å². The molecular weight excluding hydrogens is 216 g/mol. The predicted octanol–water partition coefficient (Wildman–Crippen LogP) is 2.76. The fourth-order valence-corrected chi connectivity index (χ4v) is 3.31. The number of fused-ring (bicyclic) bond motifs is 1. The topological polar surface area (TPSA) is 24.9 Å². The lowest BCUT2D eigenvalue weighted by atomic mass is 9.98. The highest BCUT2D eigenvalue weighted by molar-refractivity contribution is 7.13. The molecular formula is C13H16N2S. The number of hydrogen-bond donors (Lipinski definition) is 1. The Labute approximate surface area is 99.8 Å². The molecule has 1 fully saturated rings. The third-order valence-corrected chi connectivity index (χ3v) is 4.30. The Hall–Kier alpha value is -0.930. The number of aryl methyl sites for hydroxylation is 1. The first-order chi connectivity index (χ1) is 7.83. The molecule has 2 aromatic rings. The van der Waals surface area contributed by atoms with Gasteiger partial charge < -0.3 is 5.32 Å². The first kappa shape index (κ1) is 10.2. The van der Waals surface area contributed by atoms with Gasteiger partial charge in [-0.3, -0.25) is 0 Å². The highest BCUT2D eigenvalue weighted by Crippen LogP contribution is 2.25. The zero-order valence-corrected chi connectivity index (χ0v) is 10.3. The van der Waals surface area contributed by atoms with E-state index in [2.05, 4.69) is 34.8 Å². The molecule has 0 bridgehead atoms. The summed E-state index contributed by atoms with van der Waals surface area (Å²) in [4.78, 5) is 0. The standard InChI is InChI=1S/C13H16N2S/c1-9-12-3-2-10(7-13(12)16-15-9)6-11-4-5-14-8-11/h2-3,7,11,14H,4-6,8H2,1H3. The quantitative estimate of drug-likeness (QED) is 0.861. The molecule has 1 aliphatic rings. The molecule has 0 saturated carbocycles. The van der Waals surface area contributed by atoms with Crippen molar-refractivity contribution in [3.05, 3.63) is 29.5 Å². The van der Waals surface area contributed by atoms with E-state index in [4.69, 9.17) is 0 Å². The van der Waals surface area contributed by atoms with E-state index in [-0.39, 0.29) is 0 Å². The monoisotopic (exact) mass is 232 g/mol. The van der Waals surface area contributed by atoms with Gasteiger partial charge >= 0.3 is 0 Å². The van der Waals surface area contributed by atoms with Crippen molar-refractivity contribution in [2.24, 2.45) is 5.92 Å². The lowest BCUT2D eigenvalue weighted by Gasteiger charge is -2.07. The van der Waals surface area contributed by atoms with Crippen molar-refractivity contribution in [3.8, 4) is 0 Å². The SMILES string of the molecule is Cc1nsc2cc(CC3CCNC3)ccc12. The molecule has 1 unspecified atom stereocenters. The van der Waals surface area contributed by atoms with Crippen LogP contribution in [-0.2, 0) is 6.42 Å². The van der Waals surface area contributed by atoms with Crippen molar-refractivity contribution >= 4 is 21.6 Å². The fraction of sp³-hybridized carbons (Fsp3) is 0.462. The number of nitrogens with one attached hydrogen (secondary N) is 1. The Bertz CT molecular complexity index is 498. The van der Waals surface area contributed by atoms with Gasteiger partial charge in [0.25, 0.3) is 0 Å². The van der Waals surface area contributed by atoms with E-state index in [0.29, 0.717) is 0 Å². The first-order valence-corrected chi connectivity index (χ1v) is 6.66. The molecule has 1 atom stereocenters. The smallest absolute Gasteiger partial charge is 0.0589 e. The lowest BCUT2D eigenvalue weighted by Crippen LogP contribution is -2.10. The van der Waals surface area contributed by atoms with Crippen molar-refractivity contribution in [2.45, 2.75) is 19.8 Å². The summed E-state index contributed by atoms with van der Waals surface area (Å²) in [5, 5.41) is 4.74. The van der Waals surface area contributed by atoms with Crippen LogP contribution in [0.15, 0.2) is 18.2 Å². The van der Waals surface area contributed by atoms with Crippen LogP contribution in [0.4, 0.5) is 0 Å². The maximum absolute atomic E-state index is 4.40. The molecule has 2 heterocycles. The zero-order chi connectivity index (χ0) is 11.0. The van der Waals surface area contributed by atoms with Crippen LogP contribution < -0.4 is 5.32 Å². The summed E-state index contributed by atoms with van der Waals surface area (Å²) in [6.45, 7) is 4.45. The summed E-state index contributed by atoms with van der Waals surface area (Å²) < 4.78 is 5.73. The van der Waals surface area contributed by atoms with Gasteiger partial charge in [0.1, 0.15) is 0 Å². The maximum Gasteiger partial charge on any atom is 0.0589 e. The number of nitrogens with zero attached hydrogens (tertiary/aromatic N) is 1. The number of rotatable bonds is 2. The summed E-state index contributed by atoms with van der Waals surface area (Å²) >= 11 is 1.62. The fourth-order valence-electron chi connectivity index (χ4n) is 2.46. The number of benzene rings is 1. The van der Waals surface area contributed by atoms with Gasteiger partial charge in [-0.1, -0.05) is 12.1 Å². The molecule has 0 amide bonds. The lowest BCUT2D eigenvalue weighted by molar-refractivity contribution is 0.580. The van der Waals surface area contributed by atoms with Gasteiger partial charge in [-0.15, -0.1) is 0 Å². The molecule has 0 radical (unpaired) electrons. The summed E-state index contributed by atoms with van der Waals surface area (Å²) in [5.41, 5.74) is 2.62. The highest BCUT2D eigenvalue weighted by Gasteiger charge is 2.15. The van der Waals surface area contributed by atoms with E-state index in [0.717, 1.165) is 11.6 Å². The molecule has 16 heavy (non-hydrogen) atoms. The minimum Gasteiger partial charge on any atom is -0.316 e. The zero-order valence-electron chi connectivity index (χ0n) is 9.49. The van der Waals surface area contributed by atoms with Crippen LogP contribution in [0.3, 0.4) is 0 Å². The first-order valence-electron chi connectivity index (χ1n) is 5.88. The second-order valence-corrected chi connectivity index (χ2v) is 5.47. The van der Waals surface area contributed by atoms with E-state index in [1.807, 2.05) is 0 Å². The normalized spacial score (nSPS) is 20.7. The van der Waals surface area contributed by atoms with Crippen molar-refractivity contribution in [1.29, 1.82) is 0 Å². The molecule has 2 nitrogen and oxygen atoms in total. The van der Waals surface area contributed by atoms with Gasteiger partial charge in [-0.05, 0) is 61.9 Å². The van der Waals surface area contributed by atoms with Crippen LogP contribution in [0.2, 0.25) is 0 Å². The summed E-state index contributed by atoms with van der Waals surface area (Å²) in [6.07, 6.45) is 2.53. The molecule has 3 heteroatoms. The van der Waals surface area contributed by atoms with E-state index in [1.54, 1.807) is 11.5 Å². The molecule has 1 N–H and O–H groups in total. The Balaban J connectivity index is 1.87. The van der Waals surface area contributed by atoms with Gasteiger partial charge in [0, 0.05) is 5.39 Å². The van der Waals surface area contributed by atoms with E-state index in [1.165, 1.54) is 41.6 Å². The number of hydrogen-bond acceptors (Lipinski definition) is 3. The molecule has 0 spiro atoms. The van der Waals surface area contributed by atoms with Crippen molar-refractivity contribution in [3.63, 3.8) is 0 Å². The van der Waals surface area contributed by atoms with E-state index in [9.17, 15) is 0 Å². The van der Waals surface area contributed by atoms with Gasteiger partial charge in [0.2, 0.25) is 0 Å². The summed E-state index contributed by atoms with van der Waals surface area (Å²) in [6, 6.07) is 6.81. The summed E-state index contributed by atoms with van der Waals surface area (Å²) in [7, 11) is 0. The molecule has 0 aliphatic carbocycles. The number of aromatic nitrogens is 1. The minimum atomic E-state index is 0.825. The summed E-state index contributed by atoms with van der Waals surface area (Å²) in [5.74, 6) is 0.825. The van der Waals surface area contributed by atoms with Crippen molar-refractivity contribution < 1.29 is 0 Å². The second-order valence-electron chi connectivity index (χ2n) is 4.66. The van der Waals surface area contributed by atoms with Crippen LogP contribution in [-0.4, -0.2) is 17.5 Å². The average Bonchev–Trinajstić information content (AvgIpc) is 2.90. The van der Waals surface area contributed by atoms with Crippen molar-refractivity contribution in [1.82, 2.24) is 9.69 Å². The molecule has 1 aromatic carbocycles. The third-order valence-electron chi connectivity index (χ3n) is 3.40. The van der Waals surface area contributed by atoms with Crippen molar-refractivity contribution in [2.75, 3.05) is 13.1 Å². The van der Waals surface area contributed by atoms with Crippen LogP contribution in [0.1, 0.15) is 17.7 Å². The van der Waals surface area contributed by atoms with Gasteiger partial charge in [0.05, 0.1) is 10.4 Å². The Morgan fingerprint density at radius 1 is 1.50 bits per heavy atom. The predicted molar refractivity (Wildman–Crippen MR) is 69.0 cm³/mol. The Morgan fingerprint density at radius 3 is 3.25 bits per heavy atom. The third kappa shape index (κ3) is 1.85. The highest BCUT2D eigenvalue weighted by atomic mass is 32.1. The van der Waals surface area contributed by atoms with Gasteiger partial charge in [-0.25, -0.2) is 0 Å². The van der Waals surface area contributed by atoms with Gasteiger partial charge in [-0.2, -0.15) is 4.37 Å².